The van der Waals surface area contributed by atoms with Crippen LogP contribution in [0.5, 0.6) is 0 Å². The molecule has 3 aromatic rings. The number of halogens is 2. The molecule has 0 saturated heterocycles. The standard InChI is InChI=1S/C15H11F2N3O/c16-8-1-3-14(12(17)5-8)20-15(21)11-7-19-13-4-2-9(18)6-10(11)13/h1-7,19H,18H2,(H,20,21). The van der Waals surface area contributed by atoms with Crippen LogP contribution in [0.2, 0.25) is 0 Å². The molecule has 6 heteroatoms. The number of amides is 1. The number of hydrogen-bond acceptors (Lipinski definition) is 2. The molecule has 1 amide bonds. The van der Waals surface area contributed by atoms with Crippen LogP contribution in [0.15, 0.2) is 42.6 Å². The molecule has 106 valence electrons. The van der Waals surface area contributed by atoms with Gasteiger partial charge in [0.25, 0.3) is 5.91 Å². The number of nitrogens with one attached hydrogen (secondary N) is 2. The van der Waals surface area contributed by atoms with Crippen LogP contribution in [0.3, 0.4) is 0 Å². The van der Waals surface area contributed by atoms with Gasteiger partial charge in [-0.1, -0.05) is 0 Å². The third-order valence-corrected chi connectivity index (χ3v) is 3.13. The first-order valence-electron chi connectivity index (χ1n) is 6.17. The highest BCUT2D eigenvalue weighted by Crippen LogP contribution is 2.23. The van der Waals surface area contributed by atoms with E-state index in [1.165, 1.54) is 12.3 Å². The number of fused-ring (bicyclic) bond motifs is 1. The van der Waals surface area contributed by atoms with Gasteiger partial charge in [0.05, 0.1) is 11.3 Å². The third kappa shape index (κ3) is 2.43. The van der Waals surface area contributed by atoms with Gasteiger partial charge in [0, 0.05) is 28.9 Å². The molecule has 3 rings (SSSR count). The molecule has 2 aromatic carbocycles. The SMILES string of the molecule is Nc1ccc2[nH]cc(C(=O)Nc3ccc(F)cc3F)c2c1. The fraction of sp³-hybridized carbons (Fsp3) is 0. The molecule has 0 radical (unpaired) electrons. The van der Waals surface area contributed by atoms with Gasteiger partial charge >= 0.3 is 0 Å². The number of anilines is 2. The lowest BCUT2D eigenvalue weighted by Crippen LogP contribution is -2.12. The first-order chi connectivity index (χ1) is 10.0. The van der Waals surface area contributed by atoms with E-state index in [2.05, 4.69) is 10.3 Å². The summed E-state index contributed by atoms with van der Waals surface area (Å²) >= 11 is 0. The average molecular weight is 287 g/mol. The van der Waals surface area contributed by atoms with Gasteiger partial charge in [-0.15, -0.1) is 0 Å². The van der Waals surface area contributed by atoms with Gasteiger partial charge in [0.15, 0.2) is 0 Å². The smallest absolute Gasteiger partial charge is 0.257 e. The number of carbonyl (C=O) groups is 1. The minimum Gasteiger partial charge on any atom is -0.399 e. The topological polar surface area (TPSA) is 70.9 Å². The highest BCUT2D eigenvalue weighted by molar-refractivity contribution is 6.13. The zero-order valence-electron chi connectivity index (χ0n) is 10.8. The number of aromatic nitrogens is 1. The predicted molar refractivity (Wildman–Crippen MR) is 77.0 cm³/mol. The number of nitrogens with two attached hydrogens (primary N) is 1. The highest BCUT2D eigenvalue weighted by Gasteiger charge is 2.14. The van der Waals surface area contributed by atoms with Crippen LogP contribution in [0.25, 0.3) is 10.9 Å². The lowest BCUT2D eigenvalue weighted by molar-refractivity contribution is 0.102. The van der Waals surface area contributed by atoms with Gasteiger partial charge in [-0.2, -0.15) is 0 Å². The van der Waals surface area contributed by atoms with Gasteiger partial charge < -0.3 is 16.0 Å². The van der Waals surface area contributed by atoms with Crippen molar-refractivity contribution in [3.8, 4) is 0 Å². The van der Waals surface area contributed by atoms with Crippen LogP contribution in [-0.2, 0) is 0 Å². The van der Waals surface area contributed by atoms with Gasteiger partial charge in [0.2, 0.25) is 0 Å². The van der Waals surface area contributed by atoms with E-state index in [9.17, 15) is 13.6 Å². The van der Waals surface area contributed by atoms with Crippen LogP contribution in [-0.4, -0.2) is 10.9 Å². The largest absolute Gasteiger partial charge is 0.399 e. The van der Waals surface area contributed by atoms with Crippen molar-refractivity contribution in [1.29, 1.82) is 0 Å². The predicted octanol–water partition coefficient (Wildman–Crippen LogP) is 3.28. The lowest BCUT2D eigenvalue weighted by atomic mass is 10.1. The Hall–Kier alpha value is -2.89. The second-order valence-corrected chi connectivity index (χ2v) is 4.59. The molecule has 0 fully saturated rings. The molecule has 0 aliphatic carbocycles. The molecule has 0 aliphatic heterocycles. The zero-order valence-corrected chi connectivity index (χ0v) is 10.8. The second kappa shape index (κ2) is 4.90. The van der Waals surface area contributed by atoms with E-state index in [1.54, 1.807) is 18.2 Å². The molecule has 21 heavy (non-hydrogen) atoms. The van der Waals surface area contributed by atoms with Crippen molar-refractivity contribution < 1.29 is 13.6 Å². The third-order valence-electron chi connectivity index (χ3n) is 3.13. The molecule has 1 heterocycles. The Labute approximate surface area is 118 Å². The number of hydrogen-bond donors (Lipinski definition) is 3. The number of rotatable bonds is 2. The maximum Gasteiger partial charge on any atom is 0.257 e. The quantitative estimate of drug-likeness (QED) is 0.633. The zero-order chi connectivity index (χ0) is 15.0. The van der Waals surface area contributed by atoms with Crippen LogP contribution >= 0.6 is 0 Å². The fourth-order valence-corrected chi connectivity index (χ4v) is 2.11. The molecule has 0 saturated carbocycles. The Morgan fingerprint density at radius 1 is 1.14 bits per heavy atom. The van der Waals surface area contributed by atoms with E-state index in [-0.39, 0.29) is 5.69 Å². The van der Waals surface area contributed by atoms with Gasteiger partial charge in [-0.05, 0) is 30.3 Å². The summed E-state index contributed by atoms with van der Waals surface area (Å²) in [6.07, 6.45) is 1.51. The van der Waals surface area contributed by atoms with Crippen LogP contribution < -0.4 is 11.1 Å². The number of H-pyrrole nitrogens is 1. The lowest BCUT2D eigenvalue weighted by Gasteiger charge is -2.06. The fourth-order valence-electron chi connectivity index (χ4n) is 2.11. The number of nitrogen functional groups attached to an aromatic ring is 1. The summed E-state index contributed by atoms with van der Waals surface area (Å²) in [5.41, 5.74) is 7.21. The van der Waals surface area contributed by atoms with Crippen molar-refractivity contribution in [2.75, 3.05) is 11.1 Å². The average Bonchev–Trinajstić information content (AvgIpc) is 2.85. The minimum absolute atomic E-state index is 0.0837. The molecule has 0 aliphatic rings. The normalized spacial score (nSPS) is 10.8. The summed E-state index contributed by atoms with van der Waals surface area (Å²) < 4.78 is 26.4. The number of aromatic amines is 1. The van der Waals surface area contributed by atoms with E-state index < -0.39 is 17.5 Å². The Balaban J connectivity index is 1.95. The molecule has 4 N–H and O–H groups in total. The molecular formula is C15H11F2N3O. The summed E-state index contributed by atoms with van der Waals surface area (Å²) in [5, 5.41) is 3.04. The maximum absolute atomic E-state index is 13.5. The Morgan fingerprint density at radius 2 is 1.95 bits per heavy atom. The van der Waals surface area contributed by atoms with E-state index in [0.717, 1.165) is 11.6 Å². The van der Waals surface area contributed by atoms with Crippen molar-refractivity contribution in [3.05, 3.63) is 59.8 Å². The highest BCUT2D eigenvalue weighted by atomic mass is 19.1. The summed E-state index contributed by atoms with van der Waals surface area (Å²) in [6.45, 7) is 0. The summed E-state index contributed by atoms with van der Waals surface area (Å²) in [7, 11) is 0. The molecule has 0 unspecified atom stereocenters. The van der Waals surface area contributed by atoms with Crippen LogP contribution in [0, 0.1) is 11.6 Å². The maximum atomic E-state index is 13.5. The van der Waals surface area contributed by atoms with Crippen molar-refractivity contribution in [2.24, 2.45) is 0 Å². The Morgan fingerprint density at radius 3 is 2.71 bits per heavy atom. The Kier molecular flexibility index (Phi) is 3.06. The molecule has 4 nitrogen and oxygen atoms in total. The molecule has 0 bridgehead atoms. The van der Waals surface area contributed by atoms with E-state index in [4.69, 9.17) is 5.73 Å². The van der Waals surface area contributed by atoms with Crippen molar-refractivity contribution in [3.63, 3.8) is 0 Å². The monoisotopic (exact) mass is 287 g/mol. The molecule has 0 spiro atoms. The van der Waals surface area contributed by atoms with Crippen LogP contribution in [0.4, 0.5) is 20.2 Å². The van der Waals surface area contributed by atoms with Gasteiger partial charge in [-0.3, -0.25) is 4.79 Å². The summed E-state index contributed by atoms with van der Waals surface area (Å²) in [4.78, 5) is 15.1. The number of carbonyl (C=O) groups excluding carboxylic acids is 1. The van der Waals surface area contributed by atoms with E-state index in [0.29, 0.717) is 22.7 Å². The first kappa shape index (κ1) is 13.1. The molecule has 1 aromatic heterocycles. The minimum atomic E-state index is -0.831. The van der Waals surface area contributed by atoms with Crippen molar-refractivity contribution >= 4 is 28.2 Å². The summed E-state index contributed by atoms with van der Waals surface area (Å²) in [5.74, 6) is -2.04. The van der Waals surface area contributed by atoms with Gasteiger partial charge in [-0.25, -0.2) is 8.78 Å². The van der Waals surface area contributed by atoms with E-state index in [1.807, 2.05) is 0 Å². The Bertz CT molecular complexity index is 842. The van der Waals surface area contributed by atoms with Crippen LogP contribution in [0.1, 0.15) is 10.4 Å². The van der Waals surface area contributed by atoms with Gasteiger partial charge in [0.1, 0.15) is 11.6 Å². The van der Waals surface area contributed by atoms with E-state index >= 15 is 0 Å². The second-order valence-electron chi connectivity index (χ2n) is 4.59. The molecule has 0 atom stereocenters. The van der Waals surface area contributed by atoms with Crippen molar-refractivity contribution in [1.82, 2.24) is 4.98 Å². The van der Waals surface area contributed by atoms with Crippen molar-refractivity contribution in [2.45, 2.75) is 0 Å². The first-order valence-corrected chi connectivity index (χ1v) is 6.17. The summed E-state index contributed by atoms with van der Waals surface area (Å²) in [6, 6.07) is 8.07. The number of benzene rings is 2. The molecular weight excluding hydrogens is 276 g/mol.